The first-order valence-corrected chi connectivity index (χ1v) is 14.4. The lowest BCUT2D eigenvalue weighted by Gasteiger charge is -2.28. The van der Waals surface area contributed by atoms with Crippen molar-refractivity contribution in [2.75, 3.05) is 33.4 Å². The van der Waals surface area contributed by atoms with Gasteiger partial charge < -0.3 is 24.4 Å². The molecule has 3 aromatic carbocycles. The Labute approximate surface area is 243 Å². The van der Waals surface area contributed by atoms with E-state index in [1.165, 1.54) is 0 Å². The molecule has 6 nitrogen and oxygen atoms in total. The molecule has 3 aromatic rings. The molecule has 1 amide bonds. The van der Waals surface area contributed by atoms with Crippen LogP contribution in [-0.4, -0.2) is 50.3 Å². The quantitative estimate of drug-likeness (QED) is 0.251. The van der Waals surface area contributed by atoms with Crippen LogP contribution in [0.25, 0.3) is 5.57 Å². The van der Waals surface area contributed by atoms with E-state index in [9.17, 15) is 4.79 Å². The number of benzene rings is 3. The molecule has 5 rings (SSSR count). The molecule has 8 heteroatoms. The number of ether oxygens (including phenoxy) is 3. The summed E-state index contributed by atoms with van der Waals surface area (Å²) >= 11 is 9.71. The molecule has 0 aromatic heterocycles. The van der Waals surface area contributed by atoms with Gasteiger partial charge >= 0.3 is 0 Å². The molecular formula is C31H32BrClN2O4. The minimum Gasteiger partial charge on any atom is -0.493 e. The van der Waals surface area contributed by atoms with Gasteiger partial charge in [-0.3, -0.25) is 4.79 Å². The lowest BCUT2D eigenvalue weighted by molar-refractivity contribution is -0.128. The molecule has 1 heterocycles. The summed E-state index contributed by atoms with van der Waals surface area (Å²) in [7, 11) is 1.59. The third-order valence-corrected chi connectivity index (χ3v) is 7.97. The molecule has 1 aliphatic carbocycles. The van der Waals surface area contributed by atoms with Crippen molar-refractivity contribution >= 4 is 39.0 Å². The van der Waals surface area contributed by atoms with E-state index in [0.717, 1.165) is 58.3 Å². The van der Waals surface area contributed by atoms with Gasteiger partial charge in [-0.05, 0) is 72.8 Å². The third-order valence-electron chi connectivity index (χ3n) is 6.96. The van der Waals surface area contributed by atoms with Crippen molar-refractivity contribution in [3.8, 4) is 17.2 Å². The van der Waals surface area contributed by atoms with Crippen molar-refractivity contribution in [2.24, 2.45) is 0 Å². The molecule has 1 N–H and O–H groups in total. The molecule has 1 fully saturated rings. The zero-order valence-corrected chi connectivity index (χ0v) is 24.3. The molecular weight excluding hydrogens is 580 g/mol. The van der Waals surface area contributed by atoms with Gasteiger partial charge in [0.1, 0.15) is 19.0 Å². The van der Waals surface area contributed by atoms with Crippen molar-refractivity contribution in [1.82, 2.24) is 10.2 Å². The standard InChI is InChI=1S/C31H32BrClN2O4/c1-37-29-13-8-23(33)18-30(29)39-17-16-38-25-11-6-21(7-12-25)26-14-15-34-19-27(26)31(36)35(24-9-10-24)20-22-4-2-3-5-28(22)32/h2-8,11-13,18,24,34H,9-10,14-17,19-20H2,1H3. The van der Waals surface area contributed by atoms with Crippen LogP contribution in [-0.2, 0) is 11.3 Å². The number of nitrogens with zero attached hydrogens (tertiary/aromatic N) is 1. The minimum absolute atomic E-state index is 0.129. The second-order valence-corrected chi connectivity index (χ2v) is 10.9. The lowest BCUT2D eigenvalue weighted by atomic mass is 9.93. The second-order valence-electron chi connectivity index (χ2n) is 9.66. The number of nitrogens with one attached hydrogen (secondary N) is 1. The first-order valence-electron chi connectivity index (χ1n) is 13.2. The third kappa shape index (κ3) is 6.96. The molecule has 0 radical (unpaired) electrons. The summed E-state index contributed by atoms with van der Waals surface area (Å²) in [5.74, 6) is 2.08. The van der Waals surface area contributed by atoms with Gasteiger partial charge in [0.05, 0.1) is 7.11 Å². The monoisotopic (exact) mass is 610 g/mol. The Hall–Kier alpha value is -3.00. The summed E-state index contributed by atoms with van der Waals surface area (Å²) in [5.41, 5.74) is 4.16. The van der Waals surface area contributed by atoms with Crippen LogP contribution in [0.4, 0.5) is 0 Å². The molecule has 204 valence electrons. The van der Waals surface area contributed by atoms with Crippen molar-refractivity contribution in [3.05, 3.63) is 92.9 Å². The summed E-state index contributed by atoms with van der Waals surface area (Å²) in [6, 6.07) is 21.7. The smallest absolute Gasteiger partial charge is 0.251 e. The average molecular weight is 612 g/mol. The average Bonchev–Trinajstić information content (AvgIpc) is 3.80. The van der Waals surface area contributed by atoms with Crippen LogP contribution in [0.1, 0.15) is 30.4 Å². The number of methoxy groups -OCH3 is 1. The highest BCUT2D eigenvalue weighted by molar-refractivity contribution is 9.10. The molecule has 1 aliphatic heterocycles. The van der Waals surface area contributed by atoms with Gasteiger partial charge in [0, 0.05) is 40.3 Å². The number of amides is 1. The van der Waals surface area contributed by atoms with Gasteiger partial charge in [-0.25, -0.2) is 0 Å². The fourth-order valence-corrected chi connectivity index (χ4v) is 5.34. The van der Waals surface area contributed by atoms with Crippen LogP contribution in [0.15, 0.2) is 76.8 Å². The number of hydrogen-bond acceptors (Lipinski definition) is 5. The second kappa shape index (κ2) is 12.9. The maximum atomic E-state index is 13.9. The van der Waals surface area contributed by atoms with Crippen LogP contribution >= 0.6 is 27.5 Å². The van der Waals surface area contributed by atoms with Crippen LogP contribution in [0, 0.1) is 0 Å². The van der Waals surface area contributed by atoms with Gasteiger partial charge in [-0.2, -0.15) is 0 Å². The van der Waals surface area contributed by atoms with E-state index < -0.39 is 0 Å². The predicted molar refractivity (Wildman–Crippen MR) is 158 cm³/mol. The maximum Gasteiger partial charge on any atom is 0.251 e. The zero-order chi connectivity index (χ0) is 27.2. The zero-order valence-electron chi connectivity index (χ0n) is 21.9. The van der Waals surface area contributed by atoms with E-state index in [4.69, 9.17) is 25.8 Å². The Bertz CT molecular complexity index is 1340. The molecule has 2 aliphatic rings. The van der Waals surface area contributed by atoms with E-state index in [2.05, 4.69) is 32.2 Å². The Morgan fingerprint density at radius 3 is 2.54 bits per heavy atom. The Morgan fingerprint density at radius 1 is 1.03 bits per heavy atom. The number of carbonyl (C=O) groups excluding carboxylic acids is 1. The largest absolute Gasteiger partial charge is 0.493 e. The normalized spacial score (nSPS) is 15.2. The van der Waals surface area contributed by atoms with E-state index in [0.29, 0.717) is 48.9 Å². The summed E-state index contributed by atoms with van der Waals surface area (Å²) in [5, 5.41) is 3.99. The van der Waals surface area contributed by atoms with E-state index in [1.807, 2.05) is 42.5 Å². The van der Waals surface area contributed by atoms with Crippen LogP contribution < -0.4 is 19.5 Å². The lowest BCUT2D eigenvalue weighted by Crippen LogP contribution is -2.39. The number of hydrogen-bond donors (Lipinski definition) is 1. The van der Waals surface area contributed by atoms with Crippen LogP contribution in [0.5, 0.6) is 17.2 Å². The van der Waals surface area contributed by atoms with Crippen LogP contribution in [0.3, 0.4) is 0 Å². The Morgan fingerprint density at radius 2 is 1.79 bits per heavy atom. The summed E-state index contributed by atoms with van der Waals surface area (Å²) in [4.78, 5) is 15.9. The van der Waals surface area contributed by atoms with Crippen molar-refractivity contribution in [2.45, 2.75) is 31.8 Å². The van der Waals surface area contributed by atoms with Crippen molar-refractivity contribution in [1.29, 1.82) is 0 Å². The fourth-order valence-electron chi connectivity index (χ4n) is 4.77. The number of halogens is 2. The molecule has 1 saturated carbocycles. The van der Waals surface area contributed by atoms with Crippen LogP contribution in [0.2, 0.25) is 5.02 Å². The first kappa shape index (κ1) is 27.6. The molecule has 39 heavy (non-hydrogen) atoms. The molecule has 0 unspecified atom stereocenters. The van der Waals surface area contributed by atoms with Gasteiger partial charge in [0.25, 0.3) is 5.91 Å². The predicted octanol–water partition coefficient (Wildman–Crippen LogP) is 6.51. The van der Waals surface area contributed by atoms with Gasteiger partial charge in [0.2, 0.25) is 0 Å². The summed E-state index contributed by atoms with van der Waals surface area (Å²) in [6.45, 7) is 2.76. The Balaban J connectivity index is 1.25. The van der Waals surface area contributed by atoms with Gasteiger partial charge in [-0.15, -0.1) is 0 Å². The summed E-state index contributed by atoms with van der Waals surface area (Å²) in [6.07, 6.45) is 2.93. The van der Waals surface area contributed by atoms with Crippen molar-refractivity contribution < 1.29 is 19.0 Å². The molecule has 0 spiro atoms. The van der Waals surface area contributed by atoms with Gasteiger partial charge in [-0.1, -0.05) is 57.9 Å². The van der Waals surface area contributed by atoms with E-state index in [1.54, 1.807) is 25.3 Å². The maximum absolute atomic E-state index is 13.9. The highest BCUT2D eigenvalue weighted by Gasteiger charge is 2.35. The topological polar surface area (TPSA) is 60.0 Å². The van der Waals surface area contributed by atoms with Crippen molar-refractivity contribution in [3.63, 3.8) is 0 Å². The minimum atomic E-state index is 0.129. The van der Waals surface area contributed by atoms with E-state index >= 15 is 0 Å². The highest BCUT2D eigenvalue weighted by atomic mass is 79.9. The summed E-state index contributed by atoms with van der Waals surface area (Å²) < 4.78 is 18.0. The molecule has 0 saturated heterocycles. The van der Waals surface area contributed by atoms with E-state index in [-0.39, 0.29) is 5.91 Å². The first-order chi connectivity index (χ1) is 19.0. The highest BCUT2D eigenvalue weighted by Crippen LogP contribution is 2.34. The number of carbonyl (C=O) groups is 1. The SMILES string of the molecule is COc1ccc(Cl)cc1OCCOc1ccc(C2=C(C(=O)N(Cc3ccccc3Br)C3CC3)CNCC2)cc1. The molecule has 0 bridgehead atoms. The fraction of sp³-hybridized carbons (Fsp3) is 0.323. The molecule has 0 atom stereocenters. The van der Waals surface area contributed by atoms with Gasteiger partial charge in [0.15, 0.2) is 11.5 Å². The Kier molecular flexibility index (Phi) is 9.12. The number of rotatable bonds is 11.